The van der Waals surface area contributed by atoms with Crippen molar-refractivity contribution in [2.45, 2.75) is 51.6 Å². The van der Waals surface area contributed by atoms with Crippen molar-refractivity contribution in [3.8, 4) is 0 Å². The van der Waals surface area contributed by atoms with E-state index in [1.807, 2.05) is 36.4 Å². The Morgan fingerprint density at radius 1 is 1.00 bits per heavy atom. The molecule has 2 atom stereocenters. The van der Waals surface area contributed by atoms with Gasteiger partial charge in [0.25, 0.3) is 0 Å². The number of β-lactam (4-membered cyclic amide) rings is 1. The van der Waals surface area contributed by atoms with Crippen LogP contribution in [0.1, 0.15) is 50.2 Å². The number of benzene rings is 2. The number of likely N-dealkylation sites (tertiary alicyclic amines) is 1. The van der Waals surface area contributed by atoms with E-state index in [9.17, 15) is 4.79 Å². The van der Waals surface area contributed by atoms with E-state index in [0.29, 0.717) is 6.54 Å². The lowest BCUT2D eigenvalue weighted by Gasteiger charge is -2.49. The van der Waals surface area contributed by atoms with E-state index >= 15 is 0 Å². The van der Waals surface area contributed by atoms with Crippen molar-refractivity contribution >= 4 is 5.91 Å². The monoisotopic (exact) mass is 333 g/mol. The fraction of sp³-hybridized carbons (Fsp3) is 0.348. The third-order valence-corrected chi connectivity index (χ3v) is 5.04. The molecule has 0 aliphatic carbocycles. The molecule has 2 heteroatoms. The first-order valence-corrected chi connectivity index (χ1v) is 9.34. The predicted molar refractivity (Wildman–Crippen MR) is 103 cm³/mol. The molecule has 0 N–H and O–H groups in total. The van der Waals surface area contributed by atoms with Gasteiger partial charge in [0.05, 0.1) is 12.0 Å². The number of amides is 1. The SMILES string of the molecule is CCC/C=C(\CC)[C@@H]1[C@@H](c2ccccc2)C(=O)N1Cc1ccccc1. The molecule has 0 radical (unpaired) electrons. The van der Waals surface area contributed by atoms with E-state index in [-0.39, 0.29) is 17.9 Å². The summed E-state index contributed by atoms with van der Waals surface area (Å²) in [7, 11) is 0. The van der Waals surface area contributed by atoms with Crippen LogP contribution in [0.15, 0.2) is 72.3 Å². The van der Waals surface area contributed by atoms with Crippen molar-refractivity contribution in [1.29, 1.82) is 0 Å². The van der Waals surface area contributed by atoms with E-state index in [2.05, 4.69) is 49.1 Å². The highest BCUT2D eigenvalue weighted by Crippen LogP contribution is 2.41. The molecule has 1 aliphatic rings. The molecule has 1 heterocycles. The normalized spacial score (nSPS) is 20.5. The predicted octanol–water partition coefficient (Wildman–Crippen LogP) is 5.32. The Morgan fingerprint density at radius 3 is 2.24 bits per heavy atom. The van der Waals surface area contributed by atoms with Crippen molar-refractivity contribution in [3.05, 3.63) is 83.4 Å². The number of allylic oxidation sites excluding steroid dienone is 1. The third kappa shape index (κ3) is 3.68. The highest BCUT2D eigenvalue weighted by Gasteiger charge is 2.48. The number of unbranched alkanes of at least 4 members (excludes halogenated alkanes) is 1. The van der Waals surface area contributed by atoms with Gasteiger partial charge in [0.1, 0.15) is 0 Å². The van der Waals surface area contributed by atoms with E-state index in [1.54, 1.807) is 0 Å². The maximum Gasteiger partial charge on any atom is 0.233 e. The van der Waals surface area contributed by atoms with E-state index < -0.39 is 0 Å². The zero-order valence-electron chi connectivity index (χ0n) is 15.2. The van der Waals surface area contributed by atoms with Gasteiger partial charge in [-0.1, -0.05) is 92.6 Å². The van der Waals surface area contributed by atoms with Gasteiger partial charge in [-0.05, 0) is 24.0 Å². The van der Waals surface area contributed by atoms with Crippen LogP contribution < -0.4 is 0 Å². The van der Waals surface area contributed by atoms with Gasteiger partial charge in [-0.15, -0.1) is 0 Å². The summed E-state index contributed by atoms with van der Waals surface area (Å²) in [5, 5.41) is 0. The molecular weight excluding hydrogens is 306 g/mol. The molecule has 0 bridgehead atoms. The molecule has 1 amide bonds. The first kappa shape index (κ1) is 17.5. The van der Waals surface area contributed by atoms with Crippen LogP contribution in [0, 0.1) is 0 Å². The molecule has 0 aromatic heterocycles. The van der Waals surface area contributed by atoms with Gasteiger partial charge in [-0.25, -0.2) is 0 Å². The Bertz CT molecular complexity index is 720. The van der Waals surface area contributed by atoms with Crippen LogP contribution in [-0.4, -0.2) is 16.8 Å². The Labute approximate surface area is 151 Å². The van der Waals surface area contributed by atoms with Gasteiger partial charge >= 0.3 is 0 Å². The molecule has 3 rings (SSSR count). The molecule has 1 aliphatic heterocycles. The van der Waals surface area contributed by atoms with Gasteiger partial charge in [0, 0.05) is 6.54 Å². The molecule has 2 aromatic rings. The van der Waals surface area contributed by atoms with Crippen LogP contribution in [0.3, 0.4) is 0 Å². The van der Waals surface area contributed by atoms with Crippen LogP contribution in [-0.2, 0) is 11.3 Å². The first-order chi connectivity index (χ1) is 12.3. The summed E-state index contributed by atoms with van der Waals surface area (Å²) < 4.78 is 0. The quantitative estimate of drug-likeness (QED) is 0.496. The number of hydrogen-bond acceptors (Lipinski definition) is 1. The molecule has 2 aromatic carbocycles. The summed E-state index contributed by atoms with van der Waals surface area (Å²) in [6, 6.07) is 20.7. The first-order valence-electron chi connectivity index (χ1n) is 9.34. The van der Waals surface area contributed by atoms with Gasteiger partial charge in [-0.3, -0.25) is 4.79 Å². The number of hydrogen-bond donors (Lipinski definition) is 0. The minimum atomic E-state index is -0.0343. The number of carbonyl (C=O) groups is 1. The number of carbonyl (C=O) groups excluding carboxylic acids is 1. The lowest BCUT2D eigenvalue weighted by Crippen LogP contribution is -2.59. The lowest BCUT2D eigenvalue weighted by molar-refractivity contribution is -0.148. The molecule has 0 spiro atoms. The summed E-state index contributed by atoms with van der Waals surface area (Å²) in [5.41, 5.74) is 3.72. The third-order valence-electron chi connectivity index (χ3n) is 5.04. The van der Waals surface area contributed by atoms with Crippen molar-refractivity contribution in [1.82, 2.24) is 4.90 Å². The molecule has 0 saturated carbocycles. The second-order valence-electron chi connectivity index (χ2n) is 6.71. The summed E-state index contributed by atoms with van der Waals surface area (Å²) in [6.45, 7) is 5.09. The lowest BCUT2D eigenvalue weighted by atomic mass is 9.76. The van der Waals surface area contributed by atoms with E-state index in [1.165, 1.54) is 11.1 Å². The van der Waals surface area contributed by atoms with Crippen LogP contribution in [0.25, 0.3) is 0 Å². The van der Waals surface area contributed by atoms with Gasteiger partial charge < -0.3 is 4.90 Å². The van der Waals surface area contributed by atoms with Crippen molar-refractivity contribution in [2.24, 2.45) is 0 Å². The molecule has 25 heavy (non-hydrogen) atoms. The van der Waals surface area contributed by atoms with Crippen molar-refractivity contribution in [3.63, 3.8) is 0 Å². The Morgan fingerprint density at radius 2 is 1.64 bits per heavy atom. The van der Waals surface area contributed by atoms with Crippen LogP contribution >= 0.6 is 0 Å². The minimum Gasteiger partial charge on any atom is -0.330 e. The van der Waals surface area contributed by atoms with Crippen molar-refractivity contribution in [2.75, 3.05) is 0 Å². The summed E-state index contributed by atoms with van der Waals surface area (Å²) >= 11 is 0. The van der Waals surface area contributed by atoms with Gasteiger partial charge in [0.2, 0.25) is 5.91 Å². The average molecular weight is 333 g/mol. The minimum absolute atomic E-state index is 0.0343. The Kier molecular flexibility index (Phi) is 5.70. The zero-order chi connectivity index (χ0) is 17.6. The van der Waals surface area contributed by atoms with Crippen LogP contribution in [0.5, 0.6) is 0 Å². The summed E-state index contributed by atoms with van der Waals surface area (Å²) in [4.78, 5) is 15.0. The maximum absolute atomic E-state index is 13.0. The molecule has 0 unspecified atom stereocenters. The van der Waals surface area contributed by atoms with Crippen LogP contribution in [0.4, 0.5) is 0 Å². The smallest absolute Gasteiger partial charge is 0.233 e. The van der Waals surface area contributed by atoms with Gasteiger partial charge in [-0.2, -0.15) is 0 Å². The van der Waals surface area contributed by atoms with Crippen molar-refractivity contribution < 1.29 is 4.79 Å². The second-order valence-corrected chi connectivity index (χ2v) is 6.71. The Hall–Kier alpha value is -2.35. The topological polar surface area (TPSA) is 20.3 Å². The number of nitrogens with zero attached hydrogens (tertiary/aromatic N) is 1. The molecule has 1 fully saturated rings. The molecule has 130 valence electrons. The molecule has 1 saturated heterocycles. The average Bonchev–Trinajstić information content (AvgIpc) is 2.67. The maximum atomic E-state index is 13.0. The number of rotatable bonds is 7. The van der Waals surface area contributed by atoms with E-state index in [0.717, 1.165) is 24.8 Å². The Balaban J connectivity index is 1.90. The molecular formula is C23H27NO. The highest BCUT2D eigenvalue weighted by atomic mass is 16.2. The van der Waals surface area contributed by atoms with E-state index in [4.69, 9.17) is 0 Å². The zero-order valence-corrected chi connectivity index (χ0v) is 15.2. The largest absolute Gasteiger partial charge is 0.330 e. The second kappa shape index (κ2) is 8.15. The van der Waals surface area contributed by atoms with Crippen LogP contribution in [0.2, 0.25) is 0 Å². The van der Waals surface area contributed by atoms with Gasteiger partial charge in [0.15, 0.2) is 0 Å². The molecule has 2 nitrogen and oxygen atoms in total. The standard InChI is InChI=1S/C23H27NO/c1-3-5-14-19(4-2)22-21(20-15-10-7-11-16-20)23(25)24(22)17-18-12-8-6-9-13-18/h6-16,21-22H,3-5,17H2,1-2H3/b19-14+/t21-,22-/m1/s1. The summed E-state index contributed by atoms with van der Waals surface area (Å²) in [6.07, 6.45) is 5.56. The fourth-order valence-corrected chi connectivity index (χ4v) is 3.71. The summed E-state index contributed by atoms with van der Waals surface area (Å²) in [5.74, 6) is 0.212. The fourth-order valence-electron chi connectivity index (χ4n) is 3.71. The highest BCUT2D eigenvalue weighted by molar-refractivity contribution is 5.92.